The summed E-state index contributed by atoms with van der Waals surface area (Å²) in [6.07, 6.45) is 4.63. The van der Waals surface area contributed by atoms with Crippen LogP contribution in [0, 0.1) is 0 Å². The van der Waals surface area contributed by atoms with Gasteiger partial charge in [-0.2, -0.15) is 0 Å². The molecule has 2 rings (SSSR count). The van der Waals surface area contributed by atoms with Crippen LogP contribution < -0.4 is 5.32 Å². The summed E-state index contributed by atoms with van der Waals surface area (Å²) >= 11 is 1.49. The molecule has 1 unspecified atom stereocenters. The van der Waals surface area contributed by atoms with Crippen LogP contribution >= 0.6 is 11.8 Å². The molecule has 1 aromatic heterocycles. The summed E-state index contributed by atoms with van der Waals surface area (Å²) in [5, 5.41) is 3.80. The second-order valence-electron chi connectivity index (χ2n) is 4.79. The first kappa shape index (κ1) is 15.6. The van der Waals surface area contributed by atoms with Gasteiger partial charge in [0.05, 0.1) is 5.56 Å². The molecule has 1 N–H and O–H groups in total. The lowest BCUT2D eigenvalue weighted by Gasteiger charge is -2.16. The number of amides is 1. The number of carbonyl (C=O) groups is 1. The van der Waals surface area contributed by atoms with Gasteiger partial charge in [-0.25, -0.2) is 4.98 Å². The Morgan fingerprint density at radius 3 is 2.67 bits per heavy atom. The Kier molecular flexibility index (Phi) is 5.81. The standard InChI is InChI=1S/C17H20N2OS/c1-3-13(14-8-5-4-6-9-14)12-19-16(20)15-10-7-11-18-17(15)21-2/h4-11,13H,3,12H2,1-2H3,(H,19,20). The van der Waals surface area contributed by atoms with E-state index in [2.05, 4.69) is 29.4 Å². The third kappa shape index (κ3) is 4.08. The van der Waals surface area contributed by atoms with Crippen molar-refractivity contribution in [2.45, 2.75) is 24.3 Å². The van der Waals surface area contributed by atoms with E-state index in [9.17, 15) is 4.79 Å². The van der Waals surface area contributed by atoms with E-state index in [1.807, 2.05) is 30.5 Å². The summed E-state index contributed by atoms with van der Waals surface area (Å²) in [6.45, 7) is 2.78. The summed E-state index contributed by atoms with van der Waals surface area (Å²) in [7, 11) is 0. The van der Waals surface area contributed by atoms with Gasteiger partial charge in [0, 0.05) is 18.7 Å². The van der Waals surface area contributed by atoms with Crippen molar-refractivity contribution >= 4 is 17.7 Å². The molecule has 0 fully saturated rings. The van der Waals surface area contributed by atoms with Crippen LogP contribution in [0.2, 0.25) is 0 Å². The average molecular weight is 300 g/mol. The third-order valence-electron chi connectivity index (χ3n) is 3.48. The molecule has 1 atom stereocenters. The van der Waals surface area contributed by atoms with E-state index in [1.165, 1.54) is 17.3 Å². The summed E-state index contributed by atoms with van der Waals surface area (Å²) in [5.74, 6) is 0.284. The van der Waals surface area contributed by atoms with Gasteiger partial charge >= 0.3 is 0 Å². The van der Waals surface area contributed by atoms with Gasteiger partial charge in [0.25, 0.3) is 5.91 Å². The van der Waals surface area contributed by atoms with Crippen molar-refractivity contribution in [2.75, 3.05) is 12.8 Å². The molecule has 0 saturated heterocycles. The van der Waals surface area contributed by atoms with Gasteiger partial charge in [0.15, 0.2) is 0 Å². The van der Waals surface area contributed by atoms with Crippen molar-refractivity contribution in [1.29, 1.82) is 0 Å². The SMILES string of the molecule is CCC(CNC(=O)c1cccnc1SC)c1ccccc1. The van der Waals surface area contributed by atoms with Crippen molar-refractivity contribution in [1.82, 2.24) is 10.3 Å². The summed E-state index contributed by atoms with van der Waals surface area (Å²) in [6, 6.07) is 13.9. The summed E-state index contributed by atoms with van der Waals surface area (Å²) in [5.41, 5.74) is 1.91. The number of hydrogen-bond donors (Lipinski definition) is 1. The first-order valence-electron chi connectivity index (χ1n) is 7.08. The Hall–Kier alpha value is -1.81. The fourth-order valence-electron chi connectivity index (χ4n) is 2.26. The molecule has 0 aliphatic carbocycles. The van der Waals surface area contributed by atoms with Crippen LogP contribution in [-0.2, 0) is 0 Å². The van der Waals surface area contributed by atoms with Crippen molar-refractivity contribution in [3.8, 4) is 0 Å². The lowest BCUT2D eigenvalue weighted by molar-refractivity contribution is 0.0947. The molecule has 1 aromatic carbocycles. The zero-order chi connectivity index (χ0) is 15.1. The quantitative estimate of drug-likeness (QED) is 0.827. The number of thioether (sulfide) groups is 1. The van der Waals surface area contributed by atoms with E-state index in [0.29, 0.717) is 18.0 Å². The van der Waals surface area contributed by atoms with Crippen LogP contribution in [0.5, 0.6) is 0 Å². The highest BCUT2D eigenvalue weighted by Crippen LogP contribution is 2.19. The molecule has 2 aromatic rings. The minimum atomic E-state index is -0.0539. The Balaban J connectivity index is 2.03. The Morgan fingerprint density at radius 1 is 1.24 bits per heavy atom. The van der Waals surface area contributed by atoms with Crippen LogP contribution in [0.1, 0.15) is 35.2 Å². The van der Waals surface area contributed by atoms with Gasteiger partial charge in [0.2, 0.25) is 0 Å². The lowest BCUT2D eigenvalue weighted by Crippen LogP contribution is -2.28. The predicted octanol–water partition coefficient (Wildman–Crippen LogP) is 3.73. The number of nitrogens with one attached hydrogen (secondary N) is 1. The Morgan fingerprint density at radius 2 is 2.00 bits per heavy atom. The molecular weight excluding hydrogens is 280 g/mol. The molecule has 0 radical (unpaired) electrons. The summed E-state index contributed by atoms with van der Waals surface area (Å²) in [4.78, 5) is 16.5. The van der Waals surface area contributed by atoms with Crippen LogP contribution in [0.25, 0.3) is 0 Å². The number of pyridine rings is 1. The second-order valence-corrected chi connectivity index (χ2v) is 5.58. The monoisotopic (exact) mass is 300 g/mol. The molecule has 1 heterocycles. The molecule has 0 bridgehead atoms. The highest BCUT2D eigenvalue weighted by atomic mass is 32.2. The van der Waals surface area contributed by atoms with Gasteiger partial charge in [-0.1, -0.05) is 37.3 Å². The molecular formula is C17H20N2OS. The maximum atomic E-state index is 12.3. The van der Waals surface area contributed by atoms with E-state index >= 15 is 0 Å². The minimum Gasteiger partial charge on any atom is -0.351 e. The Labute approximate surface area is 130 Å². The van der Waals surface area contributed by atoms with E-state index < -0.39 is 0 Å². The first-order chi connectivity index (χ1) is 10.3. The smallest absolute Gasteiger partial charge is 0.254 e. The lowest BCUT2D eigenvalue weighted by atomic mass is 9.96. The molecule has 4 heteroatoms. The third-order valence-corrected chi connectivity index (χ3v) is 4.19. The van der Waals surface area contributed by atoms with Gasteiger partial charge < -0.3 is 5.32 Å². The van der Waals surface area contributed by atoms with Gasteiger partial charge in [-0.15, -0.1) is 11.8 Å². The van der Waals surface area contributed by atoms with Crippen LogP contribution in [-0.4, -0.2) is 23.7 Å². The topological polar surface area (TPSA) is 42.0 Å². The maximum Gasteiger partial charge on any atom is 0.254 e. The average Bonchev–Trinajstić information content (AvgIpc) is 2.56. The highest BCUT2D eigenvalue weighted by molar-refractivity contribution is 7.98. The molecule has 0 aliphatic heterocycles. The zero-order valence-electron chi connectivity index (χ0n) is 12.4. The number of nitrogens with zero attached hydrogens (tertiary/aromatic N) is 1. The van der Waals surface area contributed by atoms with Gasteiger partial charge in [-0.05, 0) is 30.4 Å². The van der Waals surface area contributed by atoms with Crippen LogP contribution in [0.3, 0.4) is 0 Å². The van der Waals surface area contributed by atoms with E-state index in [1.54, 1.807) is 12.3 Å². The zero-order valence-corrected chi connectivity index (χ0v) is 13.2. The largest absolute Gasteiger partial charge is 0.351 e. The second kappa shape index (κ2) is 7.84. The van der Waals surface area contributed by atoms with E-state index in [0.717, 1.165) is 11.4 Å². The molecule has 0 aliphatic rings. The Bertz CT molecular complexity index is 586. The predicted molar refractivity (Wildman–Crippen MR) is 87.8 cm³/mol. The number of carbonyl (C=O) groups excluding carboxylic acids is 1. The fourth-order valence-corrected chi connectivity index (χ4v) is 2.81. The number of aromatic nitrogens is 1. The number of benzene rings is 1. The molecule has 21 heavy (non-hydrogen) atoms. The highest BCUT2D eigenvalue weighted by Gasteiger charge is 2.14. The van der Waals surface area contributed by atoms with Crippen LogP contribution in [0.15, 0.2) is 53.7 Å². The van der Waals surface area contributed by atoms with E-state index in [-0.39, 0.29) is 5.91 Å². The fraction of sp³-hybridized carbons (Fsp3) is 0.294. The van der Waals surface area contributed by atoms with E-state index in [4.69, 9.17) is 0 Å². The molecule has 0 saturated carbocycles. The van der Waals surface area contributed by atoms with Gasteiger partial charge in [0.1, 0.15) is 5.03 Å². The minimum absolute atomic E-state index is 0.0539. The van der Waals surface area contributed by atoms with Gasteiger partial charge in [-0.3, -0.25) is 4.79 Å². The summed E-state index contributed by atoms with van der Waals surface area (Å²) < 4.78 is 0. The molecule has 1 amide bonds. The van der Waals surface area contributed by atoms with Crippen molar-refractivity contribution < 1.29 is 4.79 Å². The van der Waals surface area contributed by atoms with Crippen molar-refractivity contribution in [3.63, 3.8) is 0 Å². The molecule has 0 spiro atoms. The number of hydrogen-bond acceptors (Lipinski definition) is 3. The van der Waals surface area contributed by atoms with Crippen molar-refractivity contribution in [2.24, 2.45) is 0 Å². The van der Waals surface area contributed by atoms with Crippen molar-refractivity contribution in [3.05, 3.63) is 59.8 Å². The molecule has 110 valence electrons. The first-order valence-corrected chi connectivity index (χ1v) is 8.30. The maximum absolute atomic E-state index is 12.3. The van der Waals surface area contributed by atoms with Crippen LogP contribution in [0.4, 0.5) is 0 Å². The molecule has 3 nitrogen and oxygen atoms in total. The number of rotatable bonds is 6. The normalized spacial score (nSPS) is 11.9.